The van der Waals surface area contributed by atoms with E-state index in [1.165, 1.54) is 37.0 Å². The molecule has 0 heteroatoms. The molecule has 0 aromatic rings. The molecule has 5 unspecified atom stereocenters. The third kappa shape index (κ3) is 0.963. The lowest BCUT2D eigenvalue weighted by molar-refractivity contribution is 0.0998. The third-order valence-corrected chi connectivity index (χ3v) is 4.83. The molecule has 68 valence electrons. The first-order valence-electron chi connectivity index (χ1n) is 5.86. The Kier molecular flexibility index (Phi) is 1.54. The van der Waals surface area contributed by atoms with Gasteiger partial charge in [-0.2, -0.15) is 0 Å². The van der Waals surface area contributed by atoms with E-state index in [1.807, 2.05) is 0 Å². The second kappa shape index (κ2) is 2.49. The minimum absolute atomic E-state index is 1.06. The van der Waals surface area contributed by atoms with Crippen LogP contribution in [0.4, 0.5) is 0 Å². The van der Waals surface area contributed by atoms with Gasteiger partial charge in [-0.15, -0.1) is 0 Å². The molecule has 0 radical (unpaired) electrons. The summed E-state index contributed by atoms with van der Waals surface area (Å²) in [6.07, 6.45) is 9.35. The molecule has 0 heterocycles. The van der Waals surface area contributed by atoms with Crippen LogP contribution in [0.25, 0.3) is 0 Å². The maximum Gasteiger partial charge on any atom is -0.0349 e. The standard InChI is InChI=1S/C12H20/c1-8-4-2-3-5-10(8)12-7-9-6-11(9)12/h8-12H,2-7H2,1H3. The average molecular weight is 164 g/mol. The third-order valence-electron chi connectivity index (χ3n) is 4.83. The second-order valence-corrected chi connectivity index (χ2v) is 5.48. The molecule has 12 heavy (non-hydrogen) atoms. The molecule has 5 atom stereocenters. The maximum absolute atomic E-state index is 2.50. The minimum Gasteiger partial charge on any atom is -0.0622 e. The van der Waals surface area contributed by atoms with Gasteiger partial charge in [0.15, 0.2) is 0 Å². The summed E-state index contributed by atoms with van der Waals surface area (Å²) in [5, 5.41) is 0. The van der Waals surface area contributed by atoms with Crippen LogP contribution in [0.2, 0.25) is 0 Å². The molecule has 3 rings (SSSR count). The molecular weight excluding hydrogens is 144 g/mol. The van der Waals surface area contributed by atoms with Crippen molar-refractivity contribution in [2.45, 2.75) is 45.4 Å². The quantitative estimate of drug-likeness (QED) is 0.556. The molecule has 0 nitrogen and oxygen atoms in total. The van der Waals surface area contributed by atoms with E-state index in [1.54, 1.807) is 19.3 Å². The predicted molar refractivity (Wildman–Crippen MR) is 50.8 cm³/mol. The molecule has 3 aliphatic rings. The lowest BCUT2D eigenvalue weighted by Gasteiger charge is -2.39. The fourth-order valence-corrected chi connectivity index (χ4v) is 3.87. The summed E-state index contributed by atoms with van der Waals surface area (Å²) < 4.78 is 0. The van der Waals surface area contributed by atoms with E-state index in [4.69, 9.17) is 0 Å². The Balaban J connectivity index is 1.65. The van der Waals surface area contributed by atoms with Crippen molar-refractivity contribution in [1.82, 2.24) is 0 Å². The van der Waals surface area contributed by atoms with E-state index in [2.05, 4.69) is 6.92 Å². The maximum atomic E-state index is 2.50. The van der Waals surface area contributed by atoms with Crippen LogP contribution in [0.3, 0.4) is 0 Å². The van der Waals surface area contributed by atoms with Crippen LogP contribution in [-0.2, 0) is 0 Å². The van der Waals surface area contributed by atoms with Gasteiger partial charge in [0.25, 0.3) is 0 Å². The van der Waals surface area contributed by atoms with Crippen molar-refractivity contribution >= 4 is 0 Å². The summed E-state index contributed by atoms with van der Waals surface area (Å²) in [4.78, 5) is 0. The van der Waals surface area contributed by atoms with Crippen LogP contribution in [0.15, 0.2) is 0 Å². The monoisotopic (exact) mass is 164 g/mol. The van der Waals surface area contributed by atoms with Crippen LogP contribution in [-0.4, -0.2) is 0 Å². The lowest BCUT2D eigenvalue weighted by Crippen LogP contribution is -2.31. The van der Waals surface area contributed by atoms with Crippen molar-refractivity contribution in [2.24, 2.45) is 29.6 Å². The van der Waals surface area contributed by atoms with Gasteiger partial charge in [0.1, 0.15) is 0 Å². The van der Waals surface area contributed by atoms with Gasteiger partial charge < -0.3 is 0 Å². The van der Waals surface area contributed by atoms with Gasteiger partial charge in [0.2, 0.25) is 0 Å². The highest BCUT2D eigenvalue weighted by Gasteiger charge is 2.56. The van der Waals surface area contributed by atoms with Crippen molar-refractivity contribution in [1.29, 1.82) is 0 Å². The largest absolute Gasteiger partial charge is 0.0622 e. The number of hydrogen-bond acceptors (Lipinski definition) is 0. The van der Waals surface area contributed by atoms with Crippen molar-refractivity contribution in [2.75, 3.05) is 0 Å². The zero-order chi connectivity index (χ0) is 8.13. The summed E-state index contributed by atoms with van der Waals surface area (Å²) in [6, 6.07) is 0. The molecular formula is C12H20. The second-order valence-electron chi connectivity index (χ2n) is 5.48. The van der Waals surface area contributed by atoms with Crippen LogP contribution < -0.4 is 0 Å². The lowest BCUT2D eigenvalue weighted by atomic mass is 9.66. The Labute approximate surface area is 75.7 Å². The molecule has 0 aromatic carbocycles. The minimum atomic E-state index is 1.06. The molecule has 3 saturated carbocycles. The van der Waals surface area contributed by atoms with Gasteiger partial charge in [0.05, 0.1) is 0 Å². The van der Waals surface area contributed by atoms with Crippen LogP contribution in [0, 0.1) is 29.6 Å². The zero-order valence-electron chi connectivity index (χ0n) is 8.13. The van der Waals surface area contributed by atoms with E-state index in [0.29, 0.717) is 0 Å². The highest BCUT2D eigenvalue weighted by Crippen LogP contribution is 2.64. The zero-order valence-corrected chi connectivity index (χ0v) is 8.13. The average Bonchev–Trinajstić information content (AvgIpc) is 2.67. The Bertz CT molecular complexity index is 184. The first kappa shape index (κ1) is 7.41. The molecule has 0 aliphatic heterocycles. The Hall–Kier alpha value is 0. The highest BCUT2D eigenvalue weighted by molar-refractivity contribution is 5.05. The van der Waals surface area contributed by atoms with Crippen molar-refractivity contribution in [3.05, 3.63) is 0 Å². The van der Waals surface area contributed by atoms with E-state index in [9.17, 15) is 0 Å². The molecule has 0 bridgehead atoms. The van der Waals surface area contributed by atoms with Gasteiger partial charge in [-0.1, -0.05) is 26.2 Å². The summed E-state index contributed by atoms with van der Waals surface area (Å²) in [6.45, 7) is 2.50. The van der Waals surface area contributed by atoms with Crippen molar-refractivity contribution < 1.29 is 0 Å². The normalized spacial score (nSPS) is 57.2. The predicted octanol–water partition coefficient (Wildman–Crippen LogP) is 3.47. The fourth-order valence-electron chi connectivity index (χ4n) is 3.87. The Morgan fingerprint density at radius 2 is 1.58 bits per heavy atom. The topological polar surface area (TPSA) is 0 Å². The van der Waals surface area contributed by atoms with Crippen LogP contribution in [0.5, 0.6) is 0 Å². The number of hydrogen-bond donors (Lipinski definition) is 0. The highest BCUT2D eigenvalue weighted by atomic mass is 14.6. The smallest absolute Gasteiger partial charge is 0.0349 e. The Morgan fingerprint density at radius 1 is 0.833 bits per heavy atom. The number of fused-ring (bicyclic) bond motifs is 1. The van der Waals surface area contributed by atoms with E-state index in [-0.39, 0.29) is 0 Å². The molecule has 3 aliphatic carbocycles. The summed E-state index contributed by atoms with van der Waals surface area (Å²) in [7, 11) is 0. The molecule has 0 N–H and O–H groups in total. The SMILES string of the molecule is CC1CCCCC1C1CC2CC21. The van der Waals surface area contributed by atoms with Crippen LogP contribution >= 0.6 is 0 Å². The van der Waals surface area contributed by atoms with E-state index >= 15 is 0 Å². The summed E-state index contributed by atoms with van der Waals surface area (Å²) in [5.41, 5.74) is 0. The van der Waals surface area contributed by atoms with Gasteiger partial charge in [-0.3, -0.25) is 0 Å². The molecule has 0 aromatic heterocycles. The molecule has 0 amide bonds. The van der Waals surface area contributed by atoms with E-state index < -0.39 is 0 Å². The van der Waals surface area contributed by atoms with Crippen LogP contribution in [0.1, 0.15) is 45.4 Å². The summed E-state index contributed by atoms with van der Waals surface area (Å²) >= 11 is 0. The Morgan fingerprint density at radius 3 is 2.17 bits per heavy atom. The van der Waals surface area contributed by atoms with Crippen molar-refractivity contribution in [3.8, 4) is 0 Å². The fraction of sp³-hybridized carbons (Fsp3) is 1.00. The van der Waals surface area contributed by atoms with Gasteiger partial charge in [-0.05, 0) is 48.9 Å². The summed E-state index contributed by atoms with van der Waals surface area (Å²) in [5.74, 6) is 5.82. The number of rotatable bonds is 1. The van der Waals surface area contributed by atoms with Gasteiger partial charge >= 0.3 is 0 Å². The first-order chi connectivity index (χ1) is 5.86. The van der Waals surface area contributed by atoms with Crippen molar-refractivity contribution in [3.63, 3.8) is 0 Å². The molecule has 0 saturated heterocycles. The van der Waals surface area contributed by atoms with Gasteiger partial charge in [-0.25, -0.2) is 0 Å². The molecule has 3 fully saturated rings. The molecule has 0 spiro atoms. The van der Waals surface area contributed by atoms with Gasteiger partial charge in [0, 0.05) is 0 Å². The van der Waals surface area contributed by atoms with E-state index in [0.717, 1.165) is 11.8 Å². The first-order valence-corrected chi connectivity index (χ1v) is 5.86.